The van der Waals surface area contributed by atoms with Gasteiger partial charge >= 0.3 is 0 Å². The second kappa shape index (κ2) is 6.13. The van der Waals surface area contributed by atoms with Crippen molar-refractivity contribution in [2.45, 2.75) is 11.5 Å². The molecule has 0 fully saturated rings. The monoisotopic (exact) mass is 402 g/mol. The maximum Gasteiger partial charge on any atom is 0.269 e. The van der Waals surface area contributed by atoms with Gasteiger partial charge in [-0.05, 0) is 0 Å². The van der Waals surface area contributed by atoms with Crippen molar-refractivity contribution >= 4 is 66.6 Å². The van der Waals surface area contributed by atoms with E-state index in [9.17, 15) is 16.8 Å². The van der Waals surface area contributed by atoms with Gasteiger partial charge in [-0.3, -0.25) is 9.11 Å². The van der Waals surface area contributed by atoms with Gasteiger partial charge in [0.05, 0.1) is 20.1 Å². The third kappa shape index (κ3) is 4.60. The molecule has 0 unspecified atom stereocenters. The smallest absolute Gasteiger partial charge is 0.269 e. The molecule has 1 aromatic carbocycles. The first-order valence-electron chi connectivity index (χ1n) is 4.57. The Labute approximate surface area is 135 Å². The molecule has 2 N–H and O–H groups in total. The lowest BCUT2D eigenvalue weighted by Gasteiger charge is -2.14. The van der Waals surface area contributed by atoms with Crippen LogP contribution in [-0.2, 0) is 31.7 Å². The van der Waals surface area contributed by atoms with Crippen LogP contribution in [0.3, 0.4) is 0 Å². The molecule has 0 atom stereocenters. The predicted octanol–water partition coefficient (Wildman–Crippen LogP) is 3.08. The lowest BCUT2D eigenvalue weighted by Crippen LogP contribution is -2.08. The molecule has 0 radical (unpaired) electrons. The minimum Gasteiger partial charge on any atom is -0.285 e. The minimum atomic E-state index is -4.49. The van der Waals surface area contributed by atoms with E-state index < -0.39 is 36.8 Å². The molecule has 0 heterocycles. The van der Waals surface area contributed by atoms with Gasteiger partial charge in [0.15, 0.2) is 0 Å². The van der Waals surface area contributed by atoms with Crippen molar-refractivity contribution in [3.8, 4) is 0 Å². The number of benzene rings is 1. The van der Waals surface area contributed by atoms with Gasteiger partial charge in [0.1, 0.15) is 11.5 Å². The molecule has 1 rings (SSSR count). The summed E-state index contributed by atoms with van der Waals surface area (Å²) in [6.45, 7) is 0. The van der Waals surface area contributed by atoms with Gasteiger partial charge in [-0.2, -0.15) is 16.8 Å². The first kappa shape index (κ1) is 18.2. The van der Waals surface area contributed by atoms with E-state index in [0.29, 0.717) is 0 Å². The van der Waals surface area contributed by atoms with Crippen molar-refractivity contribution in [2.75, 3.05) is 0 Å². The molecular weight excluding hydrogens is 398 g/mol. The Bertz CT molecular complexity index is 695. The van der Waals surface area contributed by atoms with Gasteiger partial charge in [-0.15, -0.1) is 0 Å². The molecule has 1 aromatic rings. The van der Waals surface area contributed by atoms with Gasteiger partial charge in [0.25, 0.3) is 20.2 Å². The fourth-order valence-electron chi connectivity index (χ4n) is 1.35. The number of hydrogen-bond acceptors (Lipinski definition) is 4. The fraction of sp³-hybridized carbons (Fsp3) is 0.250. The zero-order valence-corrected chi connectivity index (χ0v) is 13.9. The van der Waals surface area contributed by atoms with Crippen molar-refractivity contribution in [2.24, 2.45) is 0 Å². The Morgan fingerprint density at radius 1 is 0.650 bits per heavy atom. The predicted molar refractivity (Wildman–Crippen MR) is 77.0 cm³/mol. The summed E-state index contributed by atoms with van der Waals surface area (Å²) in [6.07, 6.45) is 0. The van der Waals surface area contributed by atoms with E-state index >= 15 is 0 Å². The van der Waals surface area contributed by atoms with Crippen LogP contribution in [0.2, 0.25) is 20.1 Å². The van der Waals surface area contributed by atoms with E-state index in [1.807, 2.05) is 0 Å². The van der Waals surface area contributed by atoms with Crippen molar-refractivity contribution < 1.29 is 25.9 Å². The third-order valence-corrected chi connectivity index (χ3v) is 5.27. The number of hydrogen-bond donors (Lipinski definition) is 2. The Morgan fingerprint density at radius 2 is 0.950 bits per heavy atom. The van der Waals surface area contributed by atoms with Crippen LogP contribution in [0.15, 0.2) is 0 Å². The highest BCUT2D eigenvalue weighted by molar-refractivity contribution is 7.85. The van der Waals surface area contributed by atoms with Gasteiger partial charge in [-0.25, -0.2) is 0 Å². The average Bonchev–Trinajstić information content (AvgIpc) is 2.25. The minimum absolute atomic E-state index is 0.316. The summed E-state index contributed by atoms with van der Waals surface area (Å²) >= 11 is 23.1. The van der Waals surface area contributed by atoms with Crippen molar-refractivity contribution in [1.82, 2.24) is 0 Å². The van der Waals surface area contributed by atoms with E-state index in [2.05, 4.69) is 0 Å². The van der Waals surface area contributed by atoms with Gasteiger partial charge in [0, 0.05) is 11.1 Å². The third-order valence-electron chi connectivity index (χ3n) is 2.10. The Hall–Kier alpha value is 0.200. The molecule has 0 aromatic heterocycles. The molecule has 0 amide bonds. The van der Waals surface area contributed by atoms with Crippen molar-refractivity contribution in [3.05, 3.63) is 31.2 Å². The lowest BCUT2D eigenvalue weighted by molar-refractivity contribution is 0.480. The van der Waals surface area contributed by atoms with Crippen LogP contribution in [0.1, 0.15) is 11.1 Å². The van der Waals surface area contributed by atoms with Crippen LogP contribution in [0.4, 0.5) is 0 Å². The summed E-state index contributed by atoms with van der Waals surface area (Å²) in [6, 6.07) is 0. The molecule has 0 spiro atoms. The largest absolute Gasteiger partial charge is 0.285 e. The second-order valence-corrected chi connectivity index (χ2v) is 8.08. The maximum atomic E-state index is 10.9. The molecule has 0 saturated carbocycles. The summed E-state index contributed by atoms with van der Waals surface area (Å²) in [7, 11) is -8.99. The van der Waals surface area contributed by atoms with Crippen LogP contribution >= 0.6 is 46.4 Å². The van der Waals surface area contributed by atoms with E-state index in [4.69, 9.17) is 55.5 Å². The molecular formula is C8H6Cl4O6S2. The normalized spacial score (nSPS) is 12.7. The molecule has 12 heteroatoms. The summed E-state index contributed by atoms with van der Waals surface area (Å²) in [5, 5.41) is -1.42. The summed E-state index contributed by atoms with van der Waals surface area (Å²) in [5.74, 6) is -1.97. The molecule has 20 heavy (non-hydrogen) atoms. The Morgan fingerprint density at radius 3 is 1.20 bits per heavy atom. The highest BCUT2D eigenvalue weighted by Gasteiger charge is 2.25. The Kier molecular flexibility index (Phi) is 5.60. The summed E-state index contributed by atoms with van der Waals surface area (Å²) < 4.78 is 61.2. The van der Waals surface area contributed by atoms with Gasteiger partial charge in [-0.1, -0.05) is 46.4 Å². The second-order valence-electron chi connectivity index (χ2n) is 3.67. The summed E-state index contributed by atoms with van der Waals surface area (Å²) in [5.41, 5.74) is -0.632. The van der Waals surface area contributed by atoms with Crippen LogP contribution in [-0.4, -0.2) is 25.9 Å². The van der Waals surface area contributed by atoms with E-state index in [-0.39, 0.29) is 26.2 Å². The molecule has 0 aliphatic carbocycles. The molecule has 0 aliphatic rings. The fourth-order valence-corrected chi connectivity index (χ4v) is 4.19. The van der Waals surface area contributed by atoms with Crippen molar-refractivity contribution in [1.29, 1.82) is 0 Å². The van der Waals surface area contributed by atoms with E-state index in [1.165, 1.54) is 0 Å². The number of rotatable bonds is 4. The summed E-state index contributed by atoms with van der Waals surface area (Å²) in [4.78, 5) is 0. The topological polar surface area (TPSA) is 109 Å². The van der Waals surface area contributed by atoms with Gasteiger partial charge in [0.2, 0.25) is 0 Å². The SMILES string of the molecule is O=S(=O)(O)Cc1c(Cl)c(Cl)c(Cl)c(CS(=O)(=O)O)c1Cl. The van der Waals surface area contributed by atoms with Crippen molar-refractivity contribution in [3.63, 3.8) is 0 Å². The first-order valence-corrected chi connectivity index (χ1v) is 9.30. The van der Waals surface area contributed by atoms with Crippen LogP contribution in [0, 0.1) is 0 Å². The number of halogens is 4. The van der Waals surface area contributed by atoms with E-state index in [0.717, 1.165) is 0 Å². The quantitative estimate of drug-likeness (QED) is 0.454. The molecule has 114 valence electrons. The Balaban J connectivity index is 3.63. The molecule has 0 saturated heterocycles. The van der Waals surface area contributed by atoms with Crippen LogP contribution in [0.5, 0.6) is 0 Å². The zero-order valence-electron chi connectivity index (χ0n) is 9.27. The maximum absolute atomic E-state index is 10.9. The van der Waals surface area contributed by atoms with Crippen LogP contribution < -0.4 is 0 Å². The zero-order chi connectivity index (χ0) is 15.9. The molecule has 0 bridgehead atoms. The first-order chi connectivity index (χ1) is 8.83. The van der Waals surface area contributed by atoms with Crippen LogP contribution in [0.25, 0.3) is 0 Å². The van der Waals surface area contributed by atoms with Gasteiger partial charge < -0.3 is 0 Å². The molecule has 0 aliphatic heterocycles. The molecule has 6 nitrogen and oxygen atoms in total. The average molecular weight is 404 g/mol. The highest BCUT2D eigenvalue weighted by atomic mass is 35.5. The highest BCUT2D eigenvalue weighted by Crippen LogP contribution is 2.42. The lowest BCUT2D eigenvalue weighted by atomic mass is 10.1. The van der Waals surface area contributed by atoms with E-state index in [1.54, 1.807) is 0 Å². The standard InChI is InChI=1S/C8H6Cl4O6S2/c9-5-3(1-19(13,14)15)6(10)8(12)7(11)4(5)2-20(16,17)18/h1-2H2,(H,13,14,15)(H,16,17,18).